The third-order valence-corrected chi connectivity index (χ3v) is 9.93. The quantitative estimate of drug-likeness (QED) is 0.379. The van der Waals surface area contributed by atoms with Gasteiger partial charge in [-0.3, -0.25) is 4.79 Å². The molecule has 2 fully saturated rings. The topological polar surface area (TPSA) is 61.8 Å². The number of carbonyl (C=O) groups excluding carboxylic acids is 1. The number of hydrogen-bond acceptors (Lipinski definition) is 6. The third-order valence-electron chi connectivity index (χ3n) is 9.93. The average molecular weight is 554 g/mol. The lowest BCUT2D eigenvalue weighted by molar-refractivity contribution is -0.128. The van der Waals surface area contributed by atoms with Crippen LogP contribution in [0, 0.1) is 18.3 Å². The van der Waals surface area contributed by atoms with Crippen LogP contribution in [0.15, 0.2) is 30.9 Å². The zero-order valence-electron chi connectivity index (χ0n) is 24.6. The second-order valence-corrected chi connectivity index (χ2v) is 12.4. The molecule has 2 aliphatic carbocycles. The Morgan fingerprint density at radius 1 is 1.15 bits per heavy atom. The molecule has 1 aromatic heterocycles. The van der Waals surface area contributed by atoms with Gasteiger partial charge in [0.05, 0.1) is 11.7 Å². The van der Waals surface area contributed by atoms with Gasteiger partial charge >= 0.3 is 6.01 Å². The van der Waals surface area contributed by atoms with Gasteiger partial charge in [-0.1, -0.05) is 31.7 Å². The average Bonchev–Trinajstić information content (AvgIpc) is 3.64. The largest absolute Gasteiger partial charge is 0.462 e. The van der Waals surface area contributed by atoms with Gasteiger partial charge in [0.1, 0.15) is 12.4 Å². The number of aryl methyl sites for hydroxylation is 1. The number of ether oxygens (including phenoxy) is 1. The lowest BCUT2D eigenvalue weighted by Crippen LogP contribution is -2.55. The Morgan fingerprint density at radius 2 is 2.02 bits per heavy atom. The summed E-state index contributed by atoms with van der Waals surface area (Å²) in [6, 6.07) is 7.70. The van der Waals surface area contributed by atoms with Crippen molar-refractivity contribution in [2.75, 3.05) is 44.7 Å². The molecule has 0 bridgehead atoms. The van der Waals surface area contributed by atoms with E-state index in [0.717, 1.165) is 37.3 Å². The summed E-state index contributed by atoms with van der Waals surface area (Å²) in [5.41, 5.74) is 6.96. The highest BCUT2D eigenvalue weighted by atomic mass is 16.5. The zero-order chi connectivity index (χ0) is 28.5. The van der Waals surface area contributed by atoms with Crippen LogP contribution in [0.1, 0.15) is 66.5 Å². The smallest absolute Gasteiger partial charge is 0.318 e. The van der Waals surface area contributed by atoms with Crippen molar-refractivity contribution in [2.24, 2.45) is 5.92 Å². The van der Waals surface area contributed by atoms with Crippen LogP contribution in [0.3, 0.4) is 0 Å². The van der Waals surface area contributed by atoms with E-state index in [1.165, 1.54) is 48.4 Å². The van der Waals surface area contributed by atoms with Crippen molar-refractivity contribution < 1.29 is 9.53 Å². The minimum atomic E-state index is -0.0814. The fourth-order valence-corrected chi connectivity index (χ4v) is 7.61. The summed E-state index contributed by atoms with van der Waals surface area (Å²) in [6.07, 6.45) is 15.4. The first-order valence-electron chi connectivity index (χ1n) is 15.4. The molecule has 4 aliphatic rings. The highest BCUT2D eigenvalue weighted by Gasteiger charge is 2.36. The van der Waals surface area contributed by atoms with E-state index in [1.54, 1.807) is 5.56 Å². The molecule has 2 saturated heterocycles. The van der Waals surface area contributed by atoms with E-state index >= 15 is 0 Å². The molecule has 0 radical (unpaired) electrons. The van der Waals surface area contributed by atoms with Crippen LogP contribution in [0.4, 0.5) is 5.82 Å². The minimum absolute atomic E-state index is 0.0637. The third kappa shape index (κ3) is 5.47. The molecule has 7 nitrogen and oxygen atoms in total. The standard InChI is InChI=1S/C34H43N5O2/c1-5-10-25-21-38(17-18-39(25)32(40)6-2)33-30-19-23(3)29(28-15-8-12-24-11-7-14-27(24)28)20-31(30)35-34(36-33)41-22-26-13-9-16-37(26)4/h1,6,8,12,15,23,25-26,29H,2,7,9-11,13-14,16-22H2,3-4H3/t23-,25?,26?,29-/m1/s1. The maximum Gasteiger partial charge on any atom is 0.318 e. The Bertz CT molecular complexity index is 1350. The van der Waals surface area contributed by atoms with Crippen molar-refractivity contribution in [3.63, 3.8) is 0 Å². The highest BCUT2D eigenvalue weighted by Crippen LogP contribution is 2.43. The van der Waals surface area contributed by atoms with Crippen LogP contribution >= 0.6 is 0 Å². The zero-order valence-corrected chi connectivity index (χ0v) is 24.6. The molecular formula is C34H43N5O2. The number of hydrogen-bond donors (Lipinski definition) is 0. The van der Waals surface area contributed by atoms with Gasteiger partial charge < -0.3 is 19.4 Å². The van der Waals surface area contributed by atoms with E-state index in [-0.39, 0.29) is 11.9 Å². The van der Waals surface area contributed by atoms with Gasteiger partial charge in [0.2, 0.25) is 5.91 Å². The summed E-state index contributed by atoms with van der Waals surface area (Å²) in [6.45, 7) is 9.71. The van der Waals surface area contributed by atoms with Gasteiger partial charge in [0, 0.05) is 37.7 Å². The van der Waals surface area contributed by atoms with Crippen molar-refractivity contribution >= 4 is 11.7 Å². The molecule has 216 valence electrons. The molecule has 6 rings (SSSR count). The number of benzene rings is 1. The molecule has 2 aliphatic heterocycles. The second kappa shape index (κ2) is 11.9. The maximum atomic E-state index is 12.6. The summed E-state index contributed by atoms with van der Waals surface area (Å²) in [5, 5.41) is 0. The first kappa shape index (κ1) is 27.8. The Kier molecular flexibility index (Phi) is 8.03. The van der Waals surface area contributed by atoms with Gasteiger partial charge in [-0.2, -0.15) is 9.97 Å². The number of likely N-dealkylation sites (tertiary alicyclic amines) is 1. The molecule has 3 heterocycles. The number of amides is 1. The van der Waals surface area contributed by atoms with E-state index in [4.69, 9.17) is 21.1 Å². The van der Waals surface area contributed by atoms with Crippen molar-refractivity contribution in [1.82, 2.24) is 19.8 Å². The molecule has 7 heteroatoms. The van der Waals surface area contributed by atoms with Gasteiger partial charge in [-0.05, 0) is 93.1 Å². The SMILES string of the molecule is C#CCC1CN(c2nc(OCC3CCCN3C)nc3c2C[C@@H](C)[C@H](c2cccc4c2CCC4)C3)CCN1C(=O)C=C. The van der Waals surface area contributed by atoms with Crippen LogP contribution in [0.5, 0.6) is 6.01 Å². The number of nitrogens with zero attached hydrogens (tertiary/aromatic N) is 5. The number of carbonyl (C=O) groups is 1. The number of likely N-dealkylation sites (N-methyl/N-ethyl adjacent to an activating group) is 1. The van der Waals surface area contributed by atoms with Crippen molar-refractivity contribution in [1.29, 1.82) is 0 Å². The fraction of sp³-hybridized carbons (Fsp3) is 0.559. The predicted molar refractivity (Wildman–Crippen MR) is 162 cm³/mol. The second-order valence-electron chi connectivity index (χ2n) is 12.4. The first-order chi connectivity index (χ1) is 20.0. The molecule has 2 aromatic rings. The molecule has 1 aromatic carbocycles. The fourth-order valence-electron chi connectivity index (χ4n) is 7.61. The number of piperazine rings is 1. The van der Waals surface area contributed by atoms with E-state index < -0.39 is 0 Å². The Balaban J connectivity index is 1.33. The number of anilines is 1. The van der Waals surface area contributed by atoms with Crippen LogP contribution in [-0.4, -0.2) is 77.6 Å². The minimum Gasteiger partial charge on any atom is -0.462 e. The number of rotatable bonds is 7. The van der Waals surface area contributed by atoms with Crippen molar-refractivity contribution in [2.45, 2.75) is 76.3 Å². The molecule has 0 N–H and O–H groups in total. The Morgan fingerprint density at radius 3 is 2.80 bits per heavy atom. The van der Waals surface area contributed by atoms with Crippen molar-refractivity contribution in [3.8, 4) is 18.4 Å². The molecule has 4 atom stereocenters. The van der Waals surface area contributed by atoms with E-state index in [0.29, 0.717) is 56.6 Å². The number of fused-ring (bicyclic) bond motifs is 2. The van der Waals surface area contributed by atoms with Gasteiger partial charge in [-0.15, -0.1) is 12.3 Å². The molecule has 1 amide bonds. The lowest BCUT2D eigenvalue weighted by atomic mass is 9.73. The van der Waals surface area contributed by atoms with Crippen molar-refractivity contribution in [3.05, 3.63) is 58.8 Å². The van der Waals surface area contributed by atoms with Gasteiger partial charge in [0.15, 0.2) is 0 Å². The number of terminal acetylenes is 1. The van der Waals surface area contributed by atoms with Crippen LogP contribution in [0.25, 0.3) is 0 Å². The van der Waals surface area contributed by atoms with Crippen LogP contribution < -0.4 is 9.64 Å². The van der Waals surface area contributed by atoms with E-state index in [2.05, 4.69) is 54.5 Å². The monoisotopic (exact) mass is 553 g/mol. The normalized spacial score (nSPS) is 25.9. The first-order valence-corrected chi connectivity index (χ1v) is 15.4. The molecular weight excluding hydrogens is 510 g/mol. The summed E-state index contributed by atoms with van der Waals surface area (Å²) in [4.78, 5) is 29.3. The van der Waals surface area contributed by atoms with E-state index in [1.807, 2.05) is 4.90 Å². The molecule has 2 unspecified atom stereocenters. The Labute approximate surface area is 245 Å². The summed E-state index contributed by atoms with van der Waals surface area (Å²) in [7, 11) is 2.17. The summed E-state index contributed by atoms with van der Waals surface area (Å²) < 4.78 is 6.35. The summed E-state index contributed by atoms with van der Waals surface area (Å²) >= 11 is 0. The summed E-state index contributed by atoms with van der Waals surface area (Å²) in [5.74, 6) is 4.58. The van der Waals surface area contributed by atoms with Crippen LogP contribution in [-0.2, 0) is 30.5 Å². The maximum absolute atomic E-state index is 12.6. The Hall–Kier alpha value is -3.37. The molecule has 41 heavy (non-hydrogen) atoms. The highest BCUT2D eigenvalue weighted by molar-refractivity contribution is 5.87. The molecule has 0 saturated carbocycles. The lowest BCUT2D eigenvalue weighted by Gasteiger charge is -2.42. The van der Waals surface area contributed by atoms with Gasteiger partial charge in [0.25, 0.3) is 0 Å². The molecule has 0 spiro atoms. The van der Waals surface area contributed by atoms with Gasteiger partial charge in [-0.25, -0.2) is 0 Å². The van der Waals surface area contributed by atoms with Crippen LogP contribution in [0.2, 0.25) is 0 Å². The van der Waals surface area contributed by atoms with E-state index in [9.17, 15) is 4.79 Å². The number of aromatic nitrogens is 2. The predicted octanol–water partition coefficient (Wildman–Crippen LogP) is 4.18.